The highest BCUT2D eigenvalue weighted by Crippen LogP contribution is 2.36. The Balaban J connectivity index is 1.49. The Hall–Kier alpha value is -1.25. The maximum absolute atomic E-state index is 13.9. The van der Waals surface area contributed by atoms with Crippen molar-refractivity contribution in [3.63, 3.8) is 0 Å². The largest absolute Gasteiger partial charge is 0.204 e. The monoisotopic (exact) mass is 364 g/mol. The lowest BCUT2D eigenvalue weighted by molar-refractivity contribution is 0.249. The minimum absolute atomic E-state index is 0.334. The van der Waals surface area contributed by atoms with E-state index in [9.17, 15) is 13.2 Å². The van der Waals surface area contributed by atoms with Crippen molar-refractivity contribution in [2.75, 3.05) is 0 Å². The van der Waals surface area contributed by atoms with Crippen LogP contribution < -0.4 is 0 Å². The van der Waals surface area contributed by atoms with E-state index < -0.39 is 17.5 Å². The number of halogens is 3. The van der Waals surface area contributed by atoms with Crippen LogP contribution in [-0.2, 0) is 6.42 Å². The van der Waals surface area contributed by atoms with Gasteiger partial charge in [0, 0.05) is 0 Å². The van der Waals surface area contributed by atoms with Crippen molar-refractivity contribution < 1.29 is 13.2 Å². The predicted octanol–water partition coefficient (Wildman–Crippen LogP) is 7.60. The zero-order chi connectivity index (χ0) is 18.5. The van der Waals surface area contributed by atoms with Crippen LogP contribution in [0.5, 0.6) is 0 Å². The summed E-state index contributed by atoms with van der Waals surface area (Å²) in [6.45, 7) is 2.26. The minimum Gasteiger partial charge on any atom is -0.204 e. The van der Waals surface area contributed by atoms with Gasteiger partial charge in [0.2, 0.25) is 0 Å². The maximum Gasteiger partial charge on any atom is 0.194 e. The highest BCUT2D eigenvalue weighted by Gasteiger charge is 2.23. The first-order valence-corrected chi connectivity index (χ1v) is 10.4. The first-order chi connectivity index (χ1) is 12.6. The molecule has 0 aliphatic heterocycles. The molecule has 0 atom stereocenters. The summed E-state index contributed by atoms with van der Waals surface area (Å²) in [6.07, 6.45) is 16.1. The molecule has 1 fully saturated rings. The summed E-state index contributed by atoms with van der Waals surface area (Å²) < 4.78 is 40.7. The van der Waals surface area contributed by atoms with Crippen LogP contribution in [0, 0.1) is 29.3 Å². The topological polar surface area (TPSA) is 0 Å². The van der Waals surface area contributed by atoms with Gasteiger partial charge in [-0.2, -0.15) is 0 Å². The fourth-order valence-electron chi connectivity index (χ4n) is 4.69. The molecule has 0 spiro atoms. The molecule has 2 aliphatic rings. The molecular formula is C23H31F3. The lowest BCUT2D eigenvalue weighted by Crippen LogP contribution is -2.15. The summed E-state index contributed by atoms with van der Waals surface area (Å²) in [5.41, 5.74) is 2.12. The van der Waals surface area contributed by atoms with E-state index in [1.165, 1.54) is 63.4 Å². The number of rotatable bonds is 7. The molecule has 0 bridgehead atoms. The maximum atomic E-state index is 13.9. The molecule has 0 unspecified atom stereocenters. The molecule has 0 nitrogen and oxygen atoms in total. The van der Waals surface area contributed by atoms with Gasteiger partial charge in [0.15, 0.2) is 17.5 Å². The van der Waals surface area contributed by atoms with Gasteiger partial charge in [-0.3, -0.25) is 0 Å². The lowest BCUT2D eigenvalue weighted by atomic mass is 9.77. The predicted molar refractivity (Wildman–Crippen MR) is 101 cm³/mol. The molecule has 0 radical (unpaired) electrons. The quantitative estimate of drug-likeness (QED) is 0.345. The van der Waals surface area contributed by atoms with E-state index in [4.69, 9.17) is 0 Å². The number of hydrogen-bond donors (Lipinski definition) is 0. The molecule has 2 aliphatic carbocycles. The standard InChI is InChI=1S/C23H31F3/c1-2-3-4-5-16-6-8-17(9-7-16)10-11-18-12-13-20-19(14-18)15-21(24)23(26)22(20)25/h14-17H,2-13H2,1H3. The zero-order valence-corrected chi connectivity index (χ0v) is 15.9. The van der Waals surface area contributed by atoms with Crippen LogP contribution in [-0.4, -0.2) is 0 Å². The molecule has 26 heavy (non-hydrogen) atoms. The van der Waals surface area contributed by atoms with Gasteiger partial charge < -0.3 is 0 Å². The molecule has 1 aromatic carbocycles. The Morgan fingerprint density at radius 1 is 0.885 bits per heavy atom. The first-order valence-electron chi connectivity index (χ1n) is 10.4. The van der Waals surface area contributed by atoms with E-state index in [0.29, 0.717) is 17.5 Å². The second-order valence-corrected chi connectivity index (χ2v) is 8.28. The summed E-state index contributed by atoms with van der Waals surface area (Å²) in [7, 11) is 0. The molecule has 0 amide bonds. The number of allylic oxidation sites excluding steroid dienone is 1. The van der Waals surface area contributed by atoms with Crippen molar-refractivity contribution in [3.05, 3.63) is 40.2 Å². The van der Waals surface area contributed by atoms with E-state index in [1.807, 2.05) is 6.08 Å². The van der Waals surface area contributed by atoms with Crippen molar-refractivity contribution in [2.24, 2.45) is 11.8 Å². The van der Waals surface area contributed by atoms with Crippen LogP contribution in [0.1, 0.15) is 88.7 Å². The highest BCUT2D eigenvalue weighted by molar-refractivity contribution is 5.60. The van der Waals surface area contributed by atoms with Crippen molar-refractivity contribution in [3.8, 4) is 0 Å². The van der Waals surface area contributed by atoms with E-state index in [1.54, 1.807) is 0 Å². The Labute approximate surface area is 155 Å². The lowest BCUT2D eigenvalue weighted by Gasteiger charge is -2.29. The second-order valence-electron chi connectivity index (χ2n) is 8.28. The third-order valence-corrected chi connectivity index (χ3v) is 6.41. The van der Waals surface area contributed by atoms with Gasteiger partial charge in [0.25, 0.3) is 0 Å². The molecule has 1 aromatic rings. The fourth-order valence-corrected chi connectivity index (χ4v) is 4.69. The van der Waals surface area contributed by atoms with Gasteiger partial charge in [-0.25, -0.2) is 13.2 Å². The highest BCUT2D eigenvalue weighted by atomic mass is 19.2. The van der Waals surface area contributed by atoms with Crippen LogP contribution in [0.15, 0.2) is 11.6 Å². The van der Waals surface area contributed by atoms with Crippen LogP contribution >= 0.6 is 0 Å². The van der Waals surface area contributed by atoms with E-state index in [2.05, 4.69) is 6.92 Å². The normalized spacial score (nSPS) is 22.8. The summed E-state index contributed by atoms with van der Waals surface area (Å²) in [5.74, 6) is -1.70. The second kappa shape index (κ2) is 9.10. The van der Waals surface area contributed by atoms with Gasteiger partial charge >= 0.3 is 0 Å². The molecule has 0 heterocycles. The van der Waals surface area contributed by atoms with Gasteiger partial charge in [-0.15, -0.1) is 0 Å². The SMILES string of the molecule is CCCCCC1CCC(CCC2=Cc3cc(F)c(F)c(F)c3CC2)CC1. The third kappa shape index (κ3) is 4.72. The van der Waals surface area contributed by atoms with E-state index in [-0.39, 0.29) is 0 Å². The summed E-state index contributed by atoms with van der Waals surface area (Å²) in [6, 6.07) is 1.15. The van der Waals surface area contributed by atoms with Gasteiger partial charge in [0.05, 0.1) is 0 Å². The third-order valence-electron chi connectivity index (χ3n) is 6.41. The molecule has 144 valence electrons. The number of unbranched alkanes of at least 4 members (excludes halogenated alkanes) is 2. The van der Waals surface area contributed by atoms with Gasteiger partial charge in [0.1, 0.15) is 0 Å². The van der Waals surface area contributed by atoms with Crippen LogP contribution in [0.2, 0.25) is 0 Å². The molecule has 0 aromatic heterocycles. The molecular weight excluding hydrogens is 333 g/mol. The average Bonchev–Trinajstić information content (AvgIpc) is 2.65. The summed E-state index contributed by atoms with van der Waals surface area (Å²) in [5, 5.41) is 0. The number of hydrogen-bond acceptors (Lipinski definition) is 0. The van der Waals surface area contributed by atoms with Gasteiger partial charge in [-0.1, -0.05) is 69.9 Å². The molecule has 1 saturated carbocycles. The smallest absolute Gasteiger partial charge is 0.194 e. The van der Waals surface area contributed by atoms with Crippen LogP contribution in [0.25, 0.3) is 6.08 Å². The van der Waals surface area contributed by atoms with Crippen LogP contribution in [0.3, 0.4) is 0 Å². The Morgan fingerprint density at radius 3 is 2.27 bits per heavy atom. The zero-order valence-electron chi connectivity index (χ0n) is 15.9. The minimum atomic E-state index is -1.34. The number of benzene rings is 1. The van der Waals surface area contributed by atoms with Crippen LogP contribution in [0.4, 0.5) is 13.2 Å². The Bertz CT molecular complexity index is 639. The Morgan fingerprint density at radius 2 is 1.58 bits per heavy atom. The fraction of sp³-hybridized carbons (Fsp3) is 0.652. The van der Waals surface area contributed by atoms with E-state index >= 15 is 0 Å². The Kier molecular flexibility index (Phi) is 6.83. The summed E-state index contributed by atoms with van der Waals surface area (Å²) in [4.78, 5) is 0. The molecule has 0 N–H and O–H groups in total. The van der Waals surface area contributed by atoms with Crippen molar-refractivity contribution >= 4 is 6.08 Å². The van der Waals surface area contributed by atoms with E-state index in [0.717, 1.165) is 30.7 Å². The molecule has 0 saturated heterocycles. The summed E-state index contributed by atoms with van der Waals surface area (Å²) >= 11 is 0. The first kappa shape index (κ1) is 19.5. The molecule has 3 heteroatoms. The van der Waals surface area contributed by atoms with Crippen molar-refractivity contribution in [1.29, 1.82) is 0 Å². The number of fused-ring (bicyclic) bond motifs is 1. The van der Waals surface area contributed by atoms with Gasteiger partial charge in [-0.05, 0) is 54.7 Å². The van der Waals surface area contributed by atoms with Crippen molar-refractivity contribution in [1.82, 2.24) is 0 Å². The molecule has 3 rings (SSSR count). The van der Waals surface area contributed by atoms with Crippen molar-refractivity contribution in [2.45, 2.75) is 84.0 Å². The average molecular weight is 364 g/mol.